The van der Waals surface area contributed by atoms with Gasteiger partial charge < -0.3 is 10.6 Å². The molecular formula is C17H16BrN3O2. The Morgan fingerprint density at radius 1 is 1.13 bits per heavy atom. The minimum atomic E-state index is -0.211. The fourth-order valence-electron chi connectivity index (χ4n) is 1.80. The summed E-state index contributed by atoms with van der Waals surface area (Å²) in [6.45, 7) is 0.706. The highest BCUT2D eigenvalue weighted by Crippen LogP contribution is 2.12. The lowest BCUT2D eigenvalue weighted by molar-refractivity contribution is -0.116. The first-order chi connectivity index (χ1) is 11.1. The van der Waals surface area contributed by atoms with Crippen LogP contribution in [0.4, 0.5) is 0 Å². The van der Waals surface area contributed by atoms with Gasteiger partial charge in [0.2, 0.25) is 5.91 Å². The van der Waals surface area contributed by atoms with Gasteiger partial charge in [-0.25, -0.2) is 0 Å². The molecule has 23 heavy (non-hydrogen) atoms. The van der Waals surface area contributed by atoms with Crippen molar-refractivity contribution < 1.29 is 9.59 Å². The van der Waals surface area contributed by atoms with Crippen molar-refractivity contribution in [2.24, 2.45) is 0 Å². The Kier molecular flexibility index (Phi) is 6.50. The highest BCUT2D eigenvalue weighted by Gasteiger charge is 2.03. The van der Waals surface area contributed by atoms with Gasteiger partial charge in [0.15, 0.2) is 0 Å². The van der Waals surface area contributed by atoms with Gasteiger partial charge in [-0.2, -0.15) is 0 Å². The molecule has 0 radical (unpaired) electrons. The van der Waals surface area contributed by atoms with Crippen LogP contribution in [0.1, 0.15) is 15.9 Å². The van der Waals surface area contributed by atoms with Gasteiger partial charge in [-0.05, 0) is 35.9 Å². The number of benzene rings is 1. The average Bonchev–Trinajstić information content (AvgIpc) is 2.57. The van der Waals surface area contributed by atoms with Crippen molar-refractivity contribution in [1.82, 2.24) is 15.6 Å². The van der Waals surface area contributed by atoms with Crippen molar-refractivity contribution in [1.29, 1.82) is 0 Å². The average molecular weight is 374 g/mol. The molecule has 0 saturated heterocycles. The molecule has 0 aliphatic heterocycles. The van der Waals surface area contributed by atoms with Gasteiger partial charge in [0.05, 0.1) is 5.56 Å². The van der Waals surface area contributed by atoms with Crippen molar-refractivity contribution in [3.8, 4) is 0 Å². The Hall–Kier alpha value is -2.47. The van der Waals surface area contributed by atoms with Gasteiger partial charge in [-0.1, -0.05) is 28.1 Å². The minimum absolute atomic E-state index is 0.208. The summed E-state index contributed by atoms with van der Waals surface area (Å²) in [5, 5.41) is 5.42. The number of pyridine rings is 1. The summed E-state index contributed by atoms with van der Waals surface area (Å²) in [5.41, 5.74) is 1.42. The van der Waals surface area contributed by atoms with Crippen LogP contribution in [0, 0.1) is 0 Å². The summed E-state index contributed by atoms with van der Waals surface area (Å²) in [6.07, 6.45) is 6.29. The third kappa shape index (κ3) is 6.04. The highest BCUT2D eigenvalue weighted by molar-refractivity contribution is 9.10. The molecule has 0 unspecified atom stereocenters. The zero-order valence-electron chi connectivity index (χ0n) is 12.3. The quantitative estimate of drug-likeness (QED) is 0.603. The van der Waals surface area contributed by atoms with Crippen LogP contribution in [0.25, 0.3) is 6.08 Å². The molecule has 2 rings (SSSR count). The molecule has 1 aromatic carbocycles. The van der Waals surface area contributed by atoms with Crippen LogP contribution in [0.5, 0.6) is 0 Å². The third-order valence-corrected chi connectivity index (χ3v) is 3.40. The monoisotopic (exact) mass is 373 g/mol. The first kappa shape index (κ1) is 16.9. The third-order valence-electron chi connectivity index (χ3n) is 2.91. The van der Waals surface area contributed by atoms with E-state index in [-0.39, 0.29) is 11.8 Å². The second-order valence-electron chi connectivity index (χ2n) is 4.68. The Bertz CT molecular complexity index is 702. The topological polar surface area (TPSA) is 71.1 Å². The van der Waals surface area contributed by atoms with Gasteiger partial charge >= 0.3 is 0 Å². The Labute approximate surface area is 142 Å². The molecule has 0 aliphatic carbocycles. The molecule has 2 aromatic rings. The number of carbonyl (C=O) groups is 2. The van der Waals surface area contributed by atoms with E-state index in [1.54, 1.807) is 24.4 Å². The van der Waals surface area contributed by atoms with Crippen LogP contribution in [0.15, 0.2) is 59.3 Å². The molecule has 1 heterocycles. The zero-order chi connectivity index (χ0) is 16.5. The predicted molar refractivity (Wildman–Crippen MR) is 92.8 cm³/mol. The van der Waals surface area contributed by atoms with E-state index >= 15 is 0 Å². The van der Waals surface area contributed by atoms with Crippen LogP contribution >= 0.6 is 15.9 Å². The number of amides is 2. The maximum absolute atomic E-state index is 11.7. The lowest BCUT2D eigenvalue weighted by Gasteiger charge is -2.05. The molecule has 0 spiro atoms. The van der Waals surface area contributed by atoms with E-state index in [0.717, 1.165) is 10.0 Å². The molecule has 0 saturated carbocycles. The highest BCUT2D eigenvalue weighted by atomic mass is 79.9. The van der Waals surface area contributed by atoms with Crippen molar-refractivity contribution in [3.63, 3.8) is 0 Å². The van der Waals surface area contributed by atoms with Crippen molar-refractivity contribution in [2.75, 3.05) is 13.1 Å². The van der Waals surface area contributed by atoms with E-state index in [0.29, 0.717) is 18.7 Å². The van der Waals surface area contributed by atoms with Crippen LogP contribution in [0.2, 0.25) is 0 Å². The van der Waals surface area contributed by atoms with E-state index in [4.69, 9.17) is 0 Å². The van der Waals surface area contributed by atoms with Crippen molar-refractivity contribution in [2.45, 2.75) is 0 Å². The number of aromatic nitrogens is 1. The molecule has 118 valence electrons. The normalized spacial score (nSPS) is 10.5. The summed E-state index contributed by atoms with van der Waals surface area (Å²) >= 11 is 3.37. The lowest BCUT2D eigenvalue weighted by atomic mass is 10.2. The predicted octanol–water partition coefficient (Wildman–Crippen LogP) is 2.40. The second-order valence-corrected chi connectivity index (χ2v) is 5.59. The first-order valence-electron chi connectivity index (χ1n) is 7.05. The lowest BCUT2D eigenvalue weighted by Crippen LogP contribution is -2.34. The van der Waals surface area contributed by atoms with Gasteiger partial charge in [-0.3, -0.25) is 14.6 Å². The van der Waals surface area contributed by atoms with E-state index in [9.17, 15) is 9.59 Å². The first-order valence-corrected chi connectivity index (χ1v) is 7.84. The van der Waals surface area contributed by atoms with E-state index in [2.05, 4.69) is 31.5 Å². The van der Waals surface area contributed by atoms with Crippen molar-refractivity contribution in [3.05, 3.63) is 70.5 Å². The van der Waals surface area contributed by atoms with Crippen LogP contribution in [-0.4, -0.2) is 29.9 Å². The van der Waals surface area contributed by atoms with Crippen LogP contribution < -0.4 is 10.6 Å². The molecule has 0 bridgehead atoms. The van der Waals surface area contributed by atoms with Gasteiger partial charge in [0, 0.05) is 36.0 Å². The number of hydrogen-bond acceptors (Lipinski definition) is 3. The maximum Gasteiger partial charge on any atom is 0.252 e. The minimum Gasteiger partial charge on any atom is -0.351 e. The van der Waals surface area contributed by atoms with E-state index in [1.807, 2.05) is 24.3 Å². The van der Waals surface area contributed by atoms with Crippen LogP contribution in [0.3, 0.4) is 0 Å². The second kappa shape index (κ2) is 8.85. The standard InChI is InChI=1S/C17H16BrN3O2/c18-15-5-1-3-13(11-15)6-7-16(22)20-9-10-21-17(23)14-4-2-8-19-12-14/h1-8,11-12H,9-10H2,(H,20,22)(H,21,23)/b7-6+. The van der Waals surface area contributed by atoms with Gasteiger partial charge in [0.25, 0.3) is 5.91 Å². The van der Waals surface area contributed by atoms with E-state index < -0.39 is 0 Å². The molecule has 2 N–H and O–H groups in total. The number of nitrogens with zero attached hydrogens (tertiary/aromatic N) is 1. The Morgan fingerprint density at radius 3 is 2.70 bits per heavy atom. The largest absolute Gasteiger partial charge is 0.351 e. The summed E-state index contributed by atoms with van der Waals surface area (Å²) in [4.78, 5) is 27.3. The smallest absolute Gasteiger partial charge is 0.252 e. The molecule has 0 aliphatic rings. The van der Waals surface area contributed by atoms with Gasteiger partial charge in [-0.15, -0.1) is 0 Å². The molecule has 0 atom stereocenters. The summed E-state index contributed by atoms with van der Waals surface area (Å²) < 4.78 is 0.957. The molecule has 1 aromatic heterocycles. The fourth-order valence-corrected chi connectivity index (χ4v) is 2.22. The molecule has 2 amide bonds. The van der Waals surface area contributed by atoms with Gasteiger partial charge in [0.1, 0.15) is 0 Å². The number of nitrogens with one attached hydrogen (secondary N) is 2. The number of hydrogen-bond donors (Lipinski definition) is 2. The Balaban J connectivity index is 1.70. The Morgan fingerprint density at radius 2 is 1.96 bits per heavy atom. The summed E-state index contributed by atoms with van der Waals surface area (Å²) in [7, 11) is 0. The maximum atomic E-state index is 11.7. The SMILES string of the molecule is O=C(/C=C/c1cccc(Br)c1)NCCNC(=O)c1cccnc1. The fraction of sp³-hybridized carbons (Fsp3) is 0.118. The molecule has 0 fully saturated rings. The molecular weight excluding hydrogens is 358 g/mol. The number of halogens is 1. The summed E-state index contributed by atoms with van der Waals surface area (Å²) in [6, 6.07) is 11.0. The molecule has 6 heteroatoms. The van der Waals surface area contributed by atoms with Crippen molar-refractivity contribution >= 4 is 33.8 Å². The van der Waals surface area contributed by atoms with Crippen LogP contribution in [-0.2, 0) is 4.79 Å². The van der Waals surface area contributed by atoms with E-state index in [1.165, 1.54) is 12.3 Å². The number of rotatable bonds is 6. The molecule has 5 nitrogen and oxygen atoms in total. The number of carbonyl (C=O) groups excluding carboxylic acids is 2. The zero-order valence-corrected chi connectivity index (χ0v) is 13.9. The summed E-state index contributed by atoms with van der Waals surface area (Å²) in [5.74, 6) is -0.419.